The van der Waals surface area contributed by atoms with E-state index in [0.29, 0.717) is 5.69 Å². The molecule has 0 fully saturated rings. The number of hydrogen-bond acceptors (Lipinski definition) is 11. The lowest BCUT2D eigenvalue weighted by Crippen LogP contribution is -2.56. The van der Waals surface area contributed by atoms with Gasteiger partial charge < -0.3 is 46.9 Å². The molecule has 6 amide bonds. The van der Waals surface area contributed by atoms with Crippen LogP contribution in [0.2, 0.25) is 0 Å². The molecule has 0 heterocycles. The van der Waals surface area contributed by atoms with Crippen molar-refractivity contribution < 1.29 is 53.1 Å². The van der Waals surface area contributed by atoms with Gasteiger partial charge in [-0.15, -0.1) is 0 Å². The van der Waals surface area contributed by atoms with Gasteiger partial charge in [0.1, 0.15) is 11.8 Å². The van der Waals surface area contributed by atoms with Crippen LogP contribution in [-0.2, 0) is 14.3 Å². The van der Waals surface area contributed by atoms with Crippen molar-refractivity contribution in [3.8, 4) is 5.75 Å². The van der Waals surface area contributed by atoms with Crippen LogP contribution in [0.25, 0.3) is 0 Å². The first kappa shape index (κ1) is 44.6. The lowest BCUT2D eigenvalue weighted by molar-refractivity contribution is -0.384. The van der Waals surface area contributed by atoms with Gasteiger partial charge in [-0.3, -0.25) is 38.9 Å². The quantitative estimate of drug-likeness (QED) is 0.0477. The zero-order valence-corrected chi connectivity index (χ0v) is 33.2. The Morgan fingerprint density at radius 1 is 0.613 bits per heavy atom. The lowest BCUT2D eigenvalue weighted by atomic mass is 10.1. The molecule has 5 aromatic carbocycles. The van der Waals surface area contributed by atoms with E-state index in [1.165, 1.54) is 115 Å². The van der Waals surface area contributed by atoms with Crippen LogP contribution in [0.4, 0.5) is 28.4 Å². The molecule has 2 atom stereocenters. The molecule has 0 aliphatic heterocycles. The van der Waals surface area contributed by atoms with E-state index < -0.39 is 58.5 Å². The number of non-ortho nitro benzene ring substituents is 1. The predicted molar refractivity (Wildman–Crippen MR) is 225 cm³/mol. The van der Waals surface area contributed by atoms with Crippen LogP contribution in [0.5, 0.6) is 5.75 Å². The molecule has 0 saturated heterocycles. The second kappa shape index (κ2) is 20.0. The Bertz CT molecular complexity index is 2510. The number of nitrogens with one attached hydrogen (secondary N) is 5. The highest BCUT2D eigenvalue weighted by atomic mass is 16.6. The fraction of sp³-hybridized carbons (Fsp3) is 0.140. The SMILES string of the molecule is COC(C(N)=O)C(NC(=O)c1ccc(NC(=O)c2ccc([N+](=O)[O-])cc2)cc1)C(=O)Nc1ccc(C(=O)Nc2ccc(C(=O)Nc3ccc(C(=O)O)cc3)cc2OC(C)C)cc1. The van der Waals surface area contributed by atoms with Gasteiger partial charge in [-0.2, -0.15) is 0 Å². The Labute approximate surface area is 352 Å². The maximum Gasteiger partial charge on any atom is 0.335 e. The molecule has 318 valence electrons. The minimum Gasteiger partial charge on any atom is -0.489 e. The molecule has 0 bridgehead atoms. The summed E-state index contributed by atoms with van der Waals surface area (Å²) < 4.78 is 11.0. The van der Waals surface area contributed by atoms with Gasteiger partial charge in [-0.05, 0) is 117 Å². The summed E-state index contributed by atoms with van der Waals surface area (Å²) in [5.41, 5.74) is 7.01. The smallest absolute Gasteiger partial charge is 0.335 e. The minimum atomic E-state index is -1.63. The van der Waals surface area contributed by atoms with E-state index in [2.05, 4.69) is 26.6 Å². The van der Waals surface area contributed by atoms with E-state index in [1.807, 2.05) is 0 Å². The van der Waals surface area contributed by atoms with Crippen LogP contribution in [0, 0.1) is 10.1 Å². The summed E-state index contributed by atoms with van der Waals surface area (Å²) in [6.07, 6.45) is -1.94. The number of nitro groups is 1. The number of carbonyl (C=O) groups excluding carboxylic acids is 6. The number of nitrogens with zero attached hydrogens (tertiary/aromatic N) is 1. The van der Waals surface area contributed by atoms with Crippen molar-refractivity contribution in [2.24, 2.45) is 5.73 Å². The number of benzene rings is 5. The van der Waals surface area contributed by atoms with Gasteiger partial charge in [0.05, 0.1) is 22.3 Å². The number of nitrogens with two attached hydrogens (primary N) is 1. The van der Waals surface area contributed by atoms with E-state index in [0.717, 1.165) is 7.11 Å². The molecule has 0 aromatic heterocycles. The van der Waals surface area contributed by atoms with E-state index >= 15 is 0 Å². The number of primary amides is 1. The van der Waals surface area contributed by atoms with Crippen molar-refractivity contribution in [2.75, 3.05) is 28.4 Å². The van der Waals surface area contributed by atoms with Gasteiger partial charge in [0.25, 0.3) is 29.3 Å². The van der Waals surface area contributed by atoms with Gasteiger partial charge in [0, 0.05) is 58.6 Å². The van der Waals surface area contributed by atoms with E-state index in [4.69, 9.17) is 20.3 Å². The first-order valence-electron chi connectivity index (χ1n) is 18.5. The Morgan fingerprint density at radius 2 is 1.05 bits per heavy atom. The fourth-order valence-electron chi connectivity index (χ4n) is 5.70. The number of rotatable bonds is 17. The number of hydrogen-bond donors (Lipinski definition) is 7. The van der Waals surface area contributed by atoms with Crippen LogP contribution < -0.4 is 37.1 Å². The highest BCUT2D eigenvalue weighted by molar-refractivity contribution is 6.09. The first-order valence-corrected chi connectivity index (χ1v) is 18.5. The van der Waals surface area contributed by atoms with Crippen molar-refractivity contribution in [2.45, 2.75) is 32.1 Å². The molecule has 0 radical (unpaired) electrons. The number of ether oxygens (including phenoxy) is 2. The molecule has 2 unspecified atom stereocenters. The van der Waals surface area contributed by atoms with Gasteiger partial charge in [0.2, 0.25) is 11.8 Å². The summed E-state index contributed by atoms with van der Waals surface area (Å²) in [5, 5.41) is 33.1. The number of carboxylic acid groups (broad SMARTS) is 1. The van der Waals surface area contributed by atoms with Crippen LogP contribution in [0.15, 0.2) is 115 Å². The second-order valence-corrected chi connectivity index (χ2v) is 13.6. The maximum atomic E-state index is 13.5. The molecular formula is C43H39N7O12. The summed E-state index contributed by atoms with van der Waals surface area (Å²) in [7, 11) is 1.13. The van der Waals surface area contributed by atoms with Crippen LogP contribution in [0.1, 0.15) is 65.6 Å². The average Bonchev–Trinajstić information content (AvgIpc) is 3.24. The van der Waals surface area contributed by atoms with Crippen molar-refractivity contribution in [1.29, 1.82) is 0 Å². The average molecular weight is 846 g/mol. The minimum absolute atomic E-state index is 0.0375. The van der Waals surface area contributed by atoms with E-state index in [-0.39, 0.29) is 62.4 Å². The fourth-order valence-corrected chi connectivity index (χ4v) is 5.70. The zero-order chi connectivity index (χ0) is 45.1. The number of aromatic carboxylic acids is 1. The molecule has 62 heavy (non-hydrogen) atoms. The summed E-state index contributed by atoms with van der Waals surface area (Å²) in [4.78, 5) is 99.5. The molecule has 0 aliphatic carbocycles. The number of nitro benzene ring substituents is 1. The molecular weight excluding hydrogens is 807 g/mol. The lowest BCUT2D eigenvalue weighted by Gasteiger charge is -2.24. The van der Waals surface area contributed by atoms with E-state index in [9.17, 15) is 43.7 Å². The van der Waals surface area contributed by atoms with Gasteiger partial charge in [-0.1, -0.05) is 0 Å². The molecule has 0 spiro atoms. The third-order valence-corrected chi connectivity index (χ3v) is 8.81. The molecule has 5 rings (SSSR count). The van der Waals surface area contributed by atoms with Gasteiger partial charge >= 0.3 is 5.97 Å². The maximum absolute atomic E-state index is 13.5. The van der Waals surface area contributed by atoms with Gasteiger partial charge in [0.15, 0.2) is 6.10 Å². The second-order valence-electron chi connectivity index (χ2n) is 13.6. The Hall–Kier alpha value is -8.45. The van der Waals surface area contributed by atoms with Crippen LogP contribution in [0.3, 0.4) is 0 Å². The van der Waals surface area contributed by atoms with Gasteiger partial charge in [-0.25, -0.2) is 4.79 Å². The number of amides is 6. The van der Waals surface area contributed by atoms with Crippen molar-refractivity contribution in [3.63, 3.8) is 0 Å². The Kier molecular flexibility index (Phi) is 14.4. The monoisotopic (exact) mass is 845 g/mol. The first-order chi connectivity index (χ1) is 29.5. The molecule has 8 N–H and O–H groups in total. The van der Waals surface area contributed by atoms with Crippen LogP contribution >= 0.6 is 0 Å². The third-order valence-electron chi connectivity index (χ3n) is 8.81. The third kappa shape index (κ3) is 11.6. The number of carboxylic acids is 1. The summed E-state index contributed by atoms with van der Waals surface area (Å²) in [6, 6.07) is 24.5. The summed E-state index contributed by atoms with van der Waals surface area (Å²) >= 11 is 0. The molecule has 0 saturated carbocycles. The number of anilines is 4. The van der Waals surface area contributed by atoms with Crippen molar-refractivity contribution in [1.82, 2.24) is 5.32 Å². The van der Waals surface area contributed by atoms with Crippen molar-refractivity contribution >= 4 is 69.8 Å². The zero-order valence-electron chi connectivity index (χ0n) is 33.2. The highest BCUT2D eigenvalue weighted by Gasteiger charge is 2.34. The number of methoxy groups -OCH3 is 1. The summed E-state index contributed by atoms with van der Waals surface area (Å²) in [5.74, 6) is -5.27. The molecule has 5 aromatic rings. The summed E-state index contributed by atoms with van der Waals surface area (Å²) in [6.45, 7) is 3.52. The molecule has 19 nitrogen and oxygen atoms in total. The normalized spacial score (nSPS) is 11.6. The Morgan fingerprint density at radius 3 is 1.52 bits per heavy atom. The predicted octanol–water partition coefficient (Wildman–Crippen LogP) is 5.07. The highest BCUT2D eigenvalue weighted by Crippen LogP contribution is 2.29. The Balaban J connectivity index is 1.23. The molecule has 19 heteroatoms. The molecule has 0 aliphatic rings. The topological polar surface area (TPSA) is 287 Å². The van der Waals surface area contributed by atoms with E-state index in [1.54, 1.807) is 13.8 Å². The van der Waals surface area contributed by atoms with Crippen molar-refractivity contribution in [3.05, 3.63) is 153 Å². The number of carbonyl (C=O) groups is 7. The largest absolute Gasteiger partial charge is 0.489 e. The standard InChI is InChI=1S/C43H39N7O12/c1-23(2)62-34-22-28(41(55)46-30-17-8-27(9-18-30)43(57)58)12-21-33(34)48-39(53)24-4-15-31(16-5-24)47-42(56)35(36(61-3)37(44)51)49-40(54)25-6-13-29(14-7-25)45-38(52)26-10-19-32(20-11-26)50(59)60/h4-23,35-36H,1-3H3,(H2,44,51)(H,45,52)(H,46,55)(H,47,56)(H,48,53)(H,49,54)(H,57,58). The van der Waals surface area contributed by atoms with Crippen LogP contribution in [-0.4, -0.2) is 76.8 Å².